The number of hydrogen-bond acceptors (Lipinski definition) is 7. The van der Waals surface area contributed by atoms with Gasteiger partial charge in [-0.05, 0) is 55.0 Å². The minimum absolute atomic E-state index is 0.0115. The Bertz CT molecular complexity index is 2040. The van der Waals surface area contributed by atoms with Crippen LogP contribution in [0.1, 0.15) is 18.7 Å². The zero-order chi connectivity index (χ0) is 29.7. The molecule has 0 saturated heterocycles. The van der Waals surface area contributed by atoms with Crippen LogP contribution in [0.25, 0.3) is 44.4 Å². The van der Waals surface area contributed by atoms with Gasteiger partial charge in [0.25, 0.3) is 0 Å². The van der Waals surface area contributed by atoms with Gasteiger partial charge >= 0.3 is 6.61 Å². The highest BCUT2D eigenvalue weighted by Crippen LogP contribution is 2.37. The summed E-state index contributed by atoms with van der Waals surface area (Å²) in [6.45, 7) is -1.60. The maximum Gasteiger partial charge on any atom is 0.387 e. The van der Waals surface area contributed by atoms with E-state index in [2.05, 4.69) is 19.8 Å². The lowest BCUT2D eigenvalue weighted by Gasteiger charge is -2.17. The van der Waals surface area contributed by atoms with Crippen molar-refractivity contribution in [3.05, 3.63) is 100 Å². The van der Waals surface area contributed by atoms with Crippen LogP contribution in [0, 0.1) is 17.5 Å². The molecular formula is C29H18F5N5O3. The first-order chi connectivity index (χ1) is 20.1. The molecule has 13 heteroatoms. The number of halogens is 5. The van der Waals surface area contributed by atoms with Crippen LogP contribution in [0.2, 0.25) is 0 Å². The number of fused-ring (bicyclic) bond motifs is 2. The summed E-state index contributed by atoms with van der Waals surface area (Å²) in [6.07, 6.45) is 1.18. The molecule has 3 aromatic carbocycles. The number of anilines is 1. The average Bonchev–Trinajstić information content (AvgIpc) is 3.35. The predicted molar refractivity (Wildman–Crippen MR) is 143 cm³/mol. The molecule has 1 atom stereocenters. The zero-order valence-electron chi connectivity index (χ0n) is 21.5. The van der Waals surface area contributed by atoms with Crippen LogP contribution in [-0.2, 0) is 0 Å². The van der Waals surface area contributed by atoms with Gasteiger partial charge in [-0.1, -0.05) is 18.2 Å². The molecule has 0 aliphatic rings. The SMILES string of the molecule is C[C@H](c1oc2cccc(F)c2c(=O)c1-c1ccc(F)cc1)n1nc(-c2ccc(OC(F)F)c(F)c2)c2c(N)ncnc21. The van der Waals surface area contributed by atoms with Gasteiger partial charge in [-0.3, -0.25) is 4.79 Å². The molecule has 2 N–H and O–H groups in total. The molecule has 3 heterocycles. The molecule has 0 fully saturated rings. The fraction of sp³-hybridized carbons (Fsp3) is 0.103. The fourth-order valence-corrected chi connectivity index (χ4v) is 4.82. The minimum Gasteiger partial charge on any atom is -0.458 e. The van der Waals surface area contributed by atoms with E-state index in [1.54, 1.807) is 6.92 Å². The highest BCUT2D eigenvalue weighted by molar-refractivity contribution is 5.98. The highest BCUT2D eigenvalue weighted by Gasteiger charge is 2.28. The van der Waals surface area contributed by atoms with Gasteiger partial charge in [0.2, 0.25) is 5.43 Å². The third kappa shape index (κ3) is 4.48. The molecule has 0 saturated carbocycles. The maximum atomic E-state index is 14.8. The lowest BCUT2D eigenvalue weighted by molar-refractivity contribution is -0.0521. The summed E-state index contributed by atoms with van der Waals surface area (Å²) >= 11 is 0. The van der Waals surface area contributed by atoms with E-state index in [1.165, 1.54) is 41.3 Å². The summed E-state index contributed by atoms with van der Waals surface area (Å²) in [6, 6.07) is 11.3. The van der Waals surface area contributed by atoms with Crippen molar-refractivity contribution in [1.82, 2.24) is 19.7 Å². The van der Waals surface area contributed by atoms with E-state index < -0.39 is 41.3 Å². The van der Waals surface area contributed by atoms with E-state index in [4.69, 9.17) is 10.2 Å². The van der Waals surface area contributed by atoms with E-state index in [0.29, 0.717) is 0 Å². The molecule has 0 spiro atoms. The topological polar surface area (TPSA) is 109 Å². The van der Waals surface area contributed by atoms with E-state index in [0.717, 1.165) is 30.3 Å². The first-order valence-electron chi connectivity index (χ1n) is 12.4. The van der Waals surface area contributed by atoms with E-state index in [1.807, 2.05) is 0 Å². The lowest BCUT2D eigenvalue weighted by Crippen LogP contribution is -2.17. The number of benzene rings is 3. The van der Waals surface area contributed by atoms with E-state index in [9.17, 15) is 26.7 Å². The predicted octanol–water partition coefficient (Wildman–Crippen LogP) is 6.48. The van der Waals surface area contributed by atoms with Crippen LogP contribution in [0.4, 0.5) is 27.8 Å². The van der Waals surface area contributed by atoms with Gasteiger partial charge in [0.15, 0.2) is 17.2 Å². The number of hydrogen-bond donors (Lipinski definition) is 1. The van der Waals surface area contributed by atoms with Crippen LogP contribution < -0.4 is 15.9 Å². The Labute approximate surface area is 232 Å². The molecule has 0 aliphatic heterocycles. The van der Waals surface area contributed by atoms with Gasteiger partial charge < -0.3 is 14.9 Å². The maximum absolute atomic E-state index is 14.8. The van der Waals surface area contributed by atoms with Gasteiger partial charge in [0, 0.05) is 5.56 Å². The zero-order valence-corrected chi connectivity index (χ0v) is 21.5. The summed E-state index contributed by atoms with van der Waals surface area (Å²) < 4.78 is 80.2. The van der Waals surface area contributed by atoms with Crippen molar-refractivity contribution in [1.29, 1.82) is 0 Å². The Hall–Kier alpha value is -5.33. The average molecular weight is 579 g/mol. The Balaban J connectivity index is 1.59. The van der Waals surface area contributed by atoms with Crippen LogP contribution in [0.3, 0.4) is 0 Å². The number of rotatable bonds is 6. The number of nitrogens with zero attached hydrogens (tertiary/aromatic N) is 4. The Morgan fingerprint density at radius 3 is 2.38 bits per heavy atom. The Morgan fingerprint density at radius 1 is 0.929 bits per heavy atom. The quantitative estimate of drug-likeness (QED) is 0.225. The first kappa shape index (κ1) is 26.9. The molecule has 0 aliphatic carbocycles. The number of nitrogen functional groups attached to an aromatic ring is 1. The number of aromatic nitrogens is 4. The Morgan fingerprint density at radius 2 is 1.67 bits per heavy atom. The fourth-order valence-electron chi connectivity index (χ4n) is 4.82. The van der Waals surface area contributed by atoms with Crippen molar-refractivity contribution in [2.75, 3.05) is 5.73 Å². The van der Waals surface area contributed by atoms with Gasteiger partial charge in [-0.2, -0.15) is 13.9 Å². The summed E-state index contributed by atoms with van der Waals surface area (Å²) in [5.41, 5.74) is 6.09. The summed E-state index contributed by atoms with van der Waals surface area (Å²) in [5, 5.41) is 4.51. The van der Waals surface area contributed by atoms with Crippen molar-refractivity contribution in [2.24, 2.45) is 0 Å². The Kier molecular flexibility index (Phi) is 6.56. The lowest BCUT2D eigenvalue weighted by atomic mass is 9.99. The van der Waals surface area contributed by atoms with Crippen LogP contribution in [-0.4, -0.2) is 26.4 Å². The third-order valence-corrected chi connectivity index (χ3v) is 6.71. The smallest absolute Gasteiger partial charge is 0.387 e. The summed E-state index contributed by atoms with van der Waals surface area (Å²) in [5.74, 6) is -3.04. The van der Waals surface area contributed by atoms with E-state index >= 15 is 0 Å². The normalized spacial score (nSPS) is 12.4. The van der Waals surface area contributed by atoms with Gasteiger partial charge in [0.05, 0.1) is 10.9 Å². The molecule has 0 amide bonds. The molecule has 42 heavy (non-hydrogen) atoms. The molecule has 0 radical (unpaired) electrons. The summed E-state index contributed by atoms with van der Waals surface area (Å²) in [4.78, 5) is 22.0. The van der Waals surface area contributed by atoms with Crippen molar-refractivity contribution in [3.8, 4) is 28.1 Å². The second-order valence-corrected chi connectivity index (χ2v) is 9.24. The largest absolute Gasteiger partial charge is 0.458 e. The monoisotopic (exact) mass is 579 g/mol. The second kappa shape index (κ2) is 10.3. The molecular weight excluding hydrogens is 561 g/mol. The number of nitrogens with two attached hydrogens (primary N) is 1. The number of alkyl halides is 2. The van der Waals surface area contributed by atoms with Crippen LogP contribution in [0.5, 0.6) is 5.75 Å². The first-order valence-corrected chi connectivity index (χ1v) is 12.4. The van der Waals surface area contributed by atoms with Gasteiger partial charge in [0.1, 0.15) is 52.2 Å². The molecule has 0 unspecified atom stereocenters. The molecule has 212 valence electrons. The van der Waals surface area contributed by atoms with E-state index in [-0.39, 0.29) is 56.0 Å². The standard InChI is InChI=1S/C29H18F5N5O3/c1-13(26-21(14-5-8-16(30)9-6-14)25(40)22-17(31)3-2-4-20(22)41-26)39-28-23(27(35)36-12-37-28)24(38-39)15-7-10-19(18(32)11-15)42-29(33)34/h2-13,29H,1H3,(H2,35,36,37)/t13-/m1/s1. The van der Waals surface area contributed by atoms with Crippen molar-refractivity contribution < 1.29 is 31.1 Å². The molecule has 0 bridgehead atoms. The van der Waals surface area contributed by atoms with Crippen molar-refractivity contribution in [3.63, 3.8) is 0 Å². The number of ether oxygens (including phenoxy) is 1. The molecule has 6 rings (SSSR count). The molecule has 6 aromatic rings. The van der Waals surface area contributed by atoms with Crippen LogP contribution in [0.15, 0.2) is 76.2 Å². The van der Waals surface area contributed by atoms with Crippen LogP contribution >= 0.6 is 0 Å². The van der Waals surface area contributed by atoms with Crippen molar-refractivity contribution >= 4 is 27.8 Å². The molecule has 8 nitrogen and oxygen atoms in total. The van der Waals surface area contributed by atoms with Gasteiger partial charge in [-0.25, -0.2) is 27.8 Å². The minimum atomic E-state index is -3.23. The van der Waals surface area contributed by atoms with Gasteiger partial charge in [-0.15, -0.1) is 0 Å². The second-order valence-electron chi connectivity index (χ2n) is 9.24. The third-order valence-electron chi connectivity index (χ3n) is 6.71. The summed E-state index contributed by atoms with van der Waals surface area (Å²) in [7, 11) is 0. The van der Waals surface area contributed by atoms with Crippen molar-refractivity contribution in [2.45, 2.75) is 19.6 Å². The molecule has 3 aromatic heterocycles. The highest BCUT2D eigenvalue weighted by atomic mass is 19.3.